The molecular weight excluding hydrogens is 280 g/mol. The minimum atomic E-state index is -0.689. The van der Waals surface area contributed by atoms with Gasteiger partial charge in [0, 0.05) is 6.20 Å². The van der Waals surface area contributed by atoms with Crippen LogP contribution in [0.1, 0.15) is 15.9 Å². The van der Waals surface area contributed by atoms with Crippen LogP contribution in [0, 0.1) is 0 Å². The third-order valence-electron chi connectivity index (χ3n) is 2.93. The zero-order chi connectivity index (χ0) is 15.1. The molecule has 1 aliphatic heterocycles. The summed E-state index contributed by atoms with van der Waals surface area (Å²) in [6, 6.07) is 2.45. The number of phenolic OH excluding ortho intramolecular Hbond substituents is 2. The fourth-order valence-corrected chi connectivity index (χ4v) is 1.90. The van der Waals surface area contributed by atoms with Gasteiger partial charge in [0.15, 0.2) is 17.3 Å². The summed E-state index contributed by atoms with van der Waals surface area (Å²) < 4.78 is 5.18. The summed E-state index contributed by atoms with van der Waals surface area (Å²) in [6.07, 6.45) is 2.26. The lowest BCUT2D eigenvalue weighted by molar-refractivity contribution is 0.101. The topological polar surface area (TPSA) is 132 Å². The molecule has 1 aromatic heterocycles. The first kappa shape index (κ1) is 12.7. The highest BCUT2D eigenvalue weighted by Crippen LogP contribution is 2.43. The maximum absolute atomic E-state index is 12.1. The number of allylic oxidation sites excluding steroid dienone is 1. The highest BCUT2D eigenvalue weighted by Gasteiger charge is 2.31. The molecule has 0 amide bonds. The number of rotatable bonds is 1. The number of hydrogen-bond acceptors (Lipinski definition) is 6. The van der Waals surface area contributed by atoms with Crippen LogP contribution in [0.4, 0.5) is 0 Å². The average Bonchev–Trinajstić information content (AvgIpc) is 2.75. The van der Waals surface area contributed by atoms with Crippen molar-refractivity contribution in [3.63, 3.8) is 0 Å². The Morgan fingerprint density at radius 2 is 1.90 bits per heavy atom. The van der Waals surface area contributed by atoms with Gasteiger partial charge >= 0.3 is 5.69 Å². The van der Waals surface area contributed by atoms with Gasteiger partial charge in [0.25, 0.3) is 5.56 Å². The van der Waals surface area contributed by atoms with E-state index >= 15 is 0 Å². The molecule has 0 bridgehead atoms. The molecule has 0 radical (unpaired) electrons. The molecule has 0 fully saturated rings. The lowest BCUT2D eigenvalue weighted by atomic mass is 10.1. The van der Waals surface area contributed by atoms with Gasteiger partial charge in [-0.05, 0) is 18.2 Å². The summed E-state index contributed by atoms with van der Waals surface area (Å²) in [5.41, 5.74) is -1.29. The summed E-state index contributed by atoms with van der Waals surface area (Å²) in [5.74, 6) is -1.91. The second kappa shape index (κ2) is 4.37. The van der Waals surface area contributed by atoms with Gasteiger partial charge < -0.3 is 19.9 Å². The van der Waals surface area contributed by atoms with Gasteiger partial charge in [-0.1, -0.05) is 0 Å². The summed E-state index contributed by atoms with van der Waals surface area (Å²) in [5, 5.41) is 19.0. The van der Waals surface area contributed by atoms with E-state index in [0.717, 1.165) is 18.3 Å². The molecule has 0 atom stereocenters. The Morgan fingerprint density at radius 3 is 2.62 bits per heavy atom. The number of H-pyrrole nitrogens is 2. The lowest BCUT2D eigenvalue weighted by Gasteiger charge is -2.02. The first-order chi connectivity index (χ1) is 9.97. The molecule has 8 nitrogen and oxygen atoms in total. The van der Waals surface area contributed by atoms with Crippen LogP contribution in [-0.2, 0) is 0 Å². The molecule has 8 heteroatoms. The Hall–Kier alpha value is -3.29. The number of carbonyl (C=O) groups is 1. The predicted molar refractivity (Wildman–Crippen MR) is 70.4 cm³/mol. The van der Waals surface area contributed by atoms with Crippen LogP contribution in [0.2, 0.25) is 0 Å². The Bertz CT molecular complexity index is 906. The van der Waals surface area contributed by atoms with Crippen LogP contribution < -0.4 is 16.0 Å². The maximum Gasteiger partial charge on any atom is 0.325 e. The number of aromatic hydroxyl groups is 2. The van der Waals surface area contributed by atoms with Crippen molar-refractivity contribution in [1.82, 2.24) is 9.97 Å². The van der Waals surface area contributed by atoms with Crippen LogP contribution in [0.15, 0.2) is 33.7 Å². The molecule has 21 heavy (non-hydrogen) atoms. The molecule has 0 spiro atoms. The second-order valence-electron chi connectivity index (χ2n) is 4.28. The van der Waals surface area contributed by atoms with Crippen LogP contribution in [0.5, 0.6) is 17.2 Å². The molecule has 106 valence electrons. The molecule has 1 aromatic carbocycles. The van der Waals surface area contributed by atoms with E-state index in [1.54, 1.807) is 0 Å². The van der Waals surface area contributed by atoms with E-state index in [-0.39, 0.29) is 22.6 Å². The Kier molecular flexibility index (Phi) is 2.65. The van der Waals surface area contributed by atoms with Gasteiger partial charge in [0.05, 0.1) is 11.1 Å². The van der Waals surface area contributed by atoms with Crippen LogP contribution in [0.3, 0.4) is 0 Å². The van der Waals surface area contributed by atoms with Crippen molar-refractivity contribution in [3.8, 4) is 17.2 Å². The summed E-state index contributed by atoms with van der Waals surface area (Å²) in [6.45, 7) is 0. The van der Waals surface area contributed by atoms with Crippen molar-refractivity contribution in [1.29, 1.82) is 0 Å². The minimum absolute atomic E-state index is 0.00877. The van der Waals surface area contributed by atoms with Crippen LogP contribution in [0.25, 0.3) is 6.08 Å². The van der Waals surface area contributed by atoms with Gasteiger partial charge in [-0.25, -0.2) is 4.79 Å². The molecule has 3 rings (SSSR count). The summed E-state index contributed by atoms with van der Waals surface area (Å²) in [4.78, 5) is 38.8. The van der Waals surface area contributed by atoms with Crippen molar-refractivity contribution >= 4 is 11.9 Å². The SMILES string of the molecule is O=C1/C(=C\c2c[nH]c(=O)[nH]c2=O)Oc2c1ccc(O)c2O. The van der Waals surface area contributed by atoms with Gasteiger partial charge in [0.1, 0.15) is 0 Å². The van der Waals surface area contributed by atoms with Crippen molar-refractivity contribution in [2.24, 2.45) is 0 Å². The van der Waals surface area contributed by atoms with E-state index in [4.69, 9.17) is 4.74 Å². The molecule has 0 saturated heterocycles. The van der Waals surface area contributed by atoms with Gasteiger partial charge in [-0.3, -0.25) is 14.6 Å². The van der Waals surface area contributed by atoms with Crippen LogP contribution >= 0.6 is 0 Å². The number of hydrogen-bond donors (Lipinski definition) is 4. The summed E-state index contributed by atoms with van der Waals surface area (Å²) >= 11 is 0. The molecule has 0 saturated carbocycles. The quantitative estimate of drug-likeness (QED) is 0.434. The minimum Gasteiger partial charge on any atom is -0.504 e. The number of ether oxygens (including phenoxy) is 1. The van der Waals surface area contributed by atoms with E-state index in [9.17, 15) is 24.6 Å². The van der Waals surface area contributed by atoms with Crippen molar-refractivity contribution in [3.05, 3.63) is 56.1 Å². The van der Waals surface area contributed by atoms with Crippen LogP contribution in [-0.4, -0.2) is 26.0 Å². The molecule has 0 unspecified atom stereocenters. The number of benzene rings is 1. The number of aromatic nitrogens is 2. The van der Waals surface area contributed by atoms with E-state index in [1.807, 2.05) is 4.98 Å². The first-order valence-corrected chi connectivity index (χ1v) is 5.78. The summed E-state index contributed by atoms with van der Waals surface area (Å²) in [7, 11) is 0. The van der Waals surface area contributed by atoms with Crippen molar-refractivity contribution < 1.29 is 19.7 Å². The first-order valence-electron chi connectivity index (χ1n) is 5.78. The van der Waals surface area contributed by atoms with Gasteiger partial charge in [0.2, 0.25) is 11.5 Å². The zero-order valence-corrected chi connectivity index (χ0v) is 10.3. The van der Waals surface area contributed by atoms with E-state index in [0.29, 0.717) is 0 Å². The van der Waals surface area contributed by atoms with E-state index in [1.165, 1.54) is 6.07 Å². The maximum atomic E-state index is 12.1. The van der Waals surface area contributed by atoms with Crippen molar-refractivity contribution in [2.45, 2.75) is 0 Å². The highest BCUT2D eigenvalue weighted by atomic mass is 16.5. The Labute approximate surface area is 116 Å². The molecule has 0 aliphatic carbocycles. The molecule has 1 aliphatic rings. The number of Topliss-reactive ketones (excluding diaryl/α,β-unsaturated/α-hetero) is 1. The zero-order valence-electron chi connectivity index (χ0n) is 10.3. The molecule has 4 N–H and O–H groups in total. The fourth-order valence-electron chi connectivity index (χ4n) is 1.90. The third kappa shape index (κ3) is 1.98. The second-order valence-corrected chi connectivity index (χ2v) is 4.28. The standard InChI is InChI=1S/C13H8N2O6/c16-7-2-1-6-9(17)8(21-11(6)10(7)18)3-5-4-14-13(20)15-12(5)19/h1-4,16,18H,(H2,14,15,19,20)/b8-3+. The Balaban J connectivity index is 2.09. The number of nitrogens with one attached hydrogen (secondary N) is 2. The number of ketones is 1. The number of phenols is 2. The largest absolute Gasteiger partial charge is 0.504 e. The molecular formula is C13H8N2O6. The number of aromatic amines is 2. The third-order valence-corrected chi connectivity index (χ3v) is 2.93. The molecule has 2 heterocycles. The highest BCUT2D eigenvalue weighted by molar-refractivity contribution is 6.15. The normalized spacial score (nSPS) is 15.0. The van der Waals surface area contributed by atoms with Gasteiger partial charge in [-0.2, -0.15) is 0 Å². The number of carbonyl (C=O) groups excluding carboxylic acids is 1. The molecule has 2 aromatic rings. The average molecular weight is 288 g/mol. The van der Waals surface area contributed by atoms with Crippen molar-refractivity contribution in [2.75, 3.05) is 0 Å². The van der Waals surface area contributed by atoms with Gasteiger partial charge in [-0.15, -0.1) is 0 Å². The lowest BCUT2D eigenvalue weighted by Crippen LogP contribution is -2.23. The predicted octanol–water partition coefficient (Wildman–Crippen LogP) is 0.0906. The Morgan fingerprint density at radius 1 is 1.14 bits per heavy atom. The number of fused-ring (bicyclic) bond motifs is 1. The fraction of sp³-hybridized carbons (Fsp3) is 0. The van der Waals surface area contributed by atoms with E-state index in [2.05, 4.69) is 4.98 Å². The van der Waals surface area contributed by atoms with E-state index < -0.39 is 28.5 Å². The smallest absolute Gasteiger partial charge is 0.325 e. The monoisotopic (exact) mass is 288 g/mol.